The first-order chi connectivity index (χ1) is 9.65. The van der Waals surface area contributed by atoms with Crippen LogP contribution in [0.4, 0.5) is 4.79 Å². The van der Waals surface area contributed by atoms with E-state index >= 15 is 0 Å². The van der Waals surface area contributed by atoms with Crippen LogP contribution in [0.25, 0.3) is 0 Å². The Morgan fingerprint density at radius 1 is 1.05 bits per heavy atom. The molecule has 0 aromatic carbocycles. The lowest BCUT2D eigenvalue weighted by Crippen LogP contribution is -2.51. The molecule has 0 bridgehead atoms. The van der Waals surface area contributed by atoms with Crippen LogP contribution in [0, 0.1) is 17.8 Å². The molecule has 5 atom stereocenters. The molecule has 1 aliphatic heterocycles. The predicted octanol–water partition coefficient (Wildman–Crippen LogP) is 3.79. The zero-order valence-electron chi connectivity index (χ0n) is 13.1. The van der Waals surface area contributed by atoms with Crippen molar-refractivity contribution in [2.24, 2.45) is 17.8 Å². The summed E-state index contributed by atoms with van der Waals surface area (Å²) < 4.78 is 0. The molecule has 0 radical (unpaired) electrons. The first-order valence-electron chi connectivity index (χ1n) is 8.72. The predicted molar refractivity (Wildman–Crippen MR) is 81.6 cm³/mol. The maximum Gasteiger partial charge on any atom is 0.317 e. The third-order valence-corrected chi connectivity index (χ3v) is 6.01. The van der Waals surface area contributed by atoms with Crippen molar-refractivity contribution in [3.8, 4) is 0 Å². The van der Waals surface area contributed by atoms with Crippen molar-refractivity contribution in [1.29, 1.82) is 0 Å². The molecule has 2 amide bonds. The summed E-state index contributed by atoms with van der Waals surface area (Å²) in [5.41, 5.74) is 0. The summed E-state index contributed by atoms with van der Waals surface area (Å²) in [5.74, 6) is 2.25. The molecule has 0 spiro atoms. The number of fused-ring (bicyclic) bond motifs is 1. The second-order valence-electron chi connectivity index (χ2n) is 7.55. The van der Waals surface area contributed by atoms with Gasteiger partial charge in [0.1, 0.15) is 0 Å². The molecule has 3 nitrogen and oxygen atoms in total. The van der Waals surface area contributed by atoms with E-state index in [1.54, 1.807) is 0 Å². The van der Waals surface area contributed by atoms with Crippen LogP contribution in [-0.2, 0) is 0 Å². The average molecular weight is 278 g/mol. The van der Waals surface area contributed by atoms with Gasteiger partial charge in [-0.1, -0.05) is 26.7 Å². The van der Waals surface area contributed by atoms with Crippen molar-refractivity contribution in [2.45, 2.75) is 77.3 Å². The highest BCUT2D eigenvalue weighted by Gasteiger charge is 2.39. The van der Waals surface area contributed by atoms with Gasteiger partial charge in [0.05, 0.1) is 0 Å². The van der Waals surface area contributed by atoms with E-state index in [0.29, 0.717) is 18.0 Å². The topological polar surface area (TPSA) is 32.3 Å². The van der Waals surface area contributed by atoms with E-state index in [4.69, 9.17) is 0 Å². The minimum Gasteiger partial charge on any atom is -0.335 e. The van der Waals surface area contributed by atoms with Gasteiger partial charge < -0.3 is 10.2 Å². The van der Waals surface area contributed by atoms with Crippen LogP contribution < -0.4 is 5.32 Å². The molecule has 3 aliphatic rings. The Morgan fingerprint density at radius 2 is 1.85 bits per heavy atom. The molecule has 3 rings (SSSR count). The highest BCUT2D eigenvalue weighted by molar-refractivity contribution is 5.75. The second kappa shape index (κ2) is 5.95. The number of likely N-dealkylation sites (tertiary alicyclic amines) is 1. The summed E-state index contributed by atoms with van der Waals surface area (Å²) in [6, 6.07) is 1.17. The number of hydrogen-bond donors (Lipinski definition) is 1. The summed E-state index contributed by atoms with van der Waals surface area (Å²) in [6.45, 7) is 5.62. The standard InChI is InChI=1S/C17H30N2O/c1-12-7-8-15(13(2)11-12)18-17(20)19-10-9-14-5-3-4-6-16(14)19/h12-16H,3-11H2,1-2H3,(H,18,20)/t12-,13+,14+,15+,16+/m1/s1. The van der Waals surface area contributed by atoms with Gasteiger partial charge in [0.2, 0.25) is 0 Å². The molecule has 1 N–H and O–H groups in total. The normalized spacial score (nSPS) is 41.3. The molecule has 2 aliphatic carbocycles. The summed E-state index contributed by atoms with van der Waals surface area (Å²) >= 11 is 0. The minimum absolute atomic E-state index is 0.228. The lowest BCUT2D eigenvalue weighted by Gasteiger charge is -2.36. The summed E-state index contributed by atoms with van der Waals surface area (Å²) in [4.78, 5) is 14.8. The van der Waals surface area contributed by atoms with Gasteiger partial charge >= 0.3 is 6.03 Å². The van der Waals surface area contributed by atoms with E-state index in [9.17, 15) is 4.79 Å². The fraction of sp³-hybridized carbons (Fsp3) is 0.941. The maximum atomic E-state index is 12.6. The first kappa shape index (κ1) is 14.2. The Hall–Kier alpha value is -0.730. The van der Waals surface area contributed by atoms with Crippen LogP contribution in [-0.4, -0.2) is 29.6 Å². The third-order valence-electron chi connectivity index (χ3n) is 6.01. The molecule has 1 heterocycles. The highest BCUT2D eigenvalue weighted by Crippen LogP contribution is 2.36. The smallest absolute Gasteiger partial charge is 0.317 e. The Balaban J connectivity index is 1.56. The third kappa shape index (κ3) is 2.82. The number of nitrogens with zero attached hydrogens (tertiary/aromatic N) is 1. The van der Waals surface area contributed by atoms with Crippen molar-refractivity contribution < 1.29 is 4.79 Å². The van der Waals surface area contributed by atoms with Crippen molar-refractivity contribution >= 4 is 6.03 Å². The Labute approximate surface area is 123 Å². The number of rotatable bonds is 1. The van der Waals surface area contributed by atoms with Crippen molar-refractivity contribution in [3.05, 3.63) is 0 Å². The van der Waals surface area contributed by atoms with Gasteiger partial charge in [0.25, 0.3) is 0 Å². The van der Waals surface area contributed by atoms with Crippen LogP contribution in [0.5, 0.6) is 0 Å². The molecule has 0 aromatic rings. The fourth-order valence-corrected chi connectivity index (χ4v) is 4.78. The van der Waals surface area contributed by atoms with Gasteiger partial charge in [-0.15, -0.1) is 0 Å². The molecule has 0 unspecified atom stereocenters. The highest BCUT2D eigenvalue weighted by atomic mass is 16.2. The fourth-order valence-electron chi connectivity index (χ4n) is 4.78. The molecular weight excluding hydrogens is 248 g/mol. The average Bonchev–Trinajstić information content (AvgIpc) is 2.86. The molecule has 0 aromatic heterocycles. The first-order valence-corrected chi connectivity index (χ1v) is 8.72. The van der Waals surface area contributed by atoms with E-state index in [0.717, 1.165) is 24.8 Å². The monoisotopic (exact) mass is 278 g/mol. The van der Waals surface area contributed by atoms with Crippen LogP contribution in [0.15, 0.2) is 0 Å². The number of hydrogen-bond acceptors (Lipinski definition) is 1. The van der Waals surface area contributed by atoms with Gasteiger partial charge in [-0.3, -0.25) is 0 Å². The van der Waals surface area contributed by atoms with Gasteiger partial charge in [0, 0.05) is 18.6 Å². The summed E-state index contributed by atoms with van der Waals surface area (Å²) in [5, 5.41) is 3.35. The van der Waals surface area contributed by atoms with Crippen molar-refractivity contribution in [1.82, 2.24) is 10.2 Å². The van der Waals surface area contributed by atoms with Gasteiger partial charge in [-0.2, -0.15) is 0 Å². The molecule has 3 heteroatoms. The van der Waals surface area contributed by atoms with Crippen LogP contribution >= 0.6 is 0 Å². The van der Waals surface area contributed by atoms with Gasteiger partial charge in [-0.25, -0.2) is 4.79 Å². The molecule has 114 valence electrons. The molecular formula is C17H30N2O. The van der Waals surface area contributed by atoms with Crippen LogP contribution in [0.2, 0.25) is 0 Å². The number of amides is 2. The summed E-state index contributed by atoms with van der Waals surface area (Å²) in [6.07, 6.45) is 10.2. The van der Waals surface area contributed by atoms with Crippen molar-refractivity contribution in [2.75, 3.05) is 6.54 Å². The SMILES string of the molecule is C[C@@H]1CC[C@H](NC(=O)N2CC[C@@H]3CCCC[C@@H]32)[C@@H](C)C1. The van der Waals surface area contributed by atoms with E-state index < -0.39 is 0 Å². The summed E-state index contributed by atoms with van der Waals surface area (Å²) in [7, 11) is 0. The van der Waals surface area contributed by atoms with Crippen LogP contribution in [0.1, 0.15) is 65.2 Å². The Morgan fingerprint density at radius 3 is 2.65 bits per heavy atom. The number of carbonyl (C=O) groups is 1. The molecule has 20 heavy (non-hydrogen) atoms. The zero-order chi connectivity index (χ0) is 14.1. The Bertz CT molecular complexity index is 357. The lowest BCUT2D eigenvalue weighted by molar-refractivity contribution is 0.154. The van der Waals surface area contributed by atoms with E-state index in [1.807, 2.05) is 0 Å². The van der Waals surface area contributed by atoms with E-state index in [-0.39, 0.29) is 6.03 Å². The molecule has 3 fully saturated rings. The number of carbonyl (C=O) groups excluding carboxylic acids is 1. The lowest BCUT2D eigenvalue weighted by atomic mass is 9.80. The van der Waals surface area contributed by atoms with Gasteiger partial charge in [-0.05, 0) is 56.3 Å². The maximum absolute atomic E-state index is 12.6. The number of nitrogens with one attached hydrogen (secondary N) is 1. The van der Waals surface area contributed by atoms with Crippen LogP contribution in [0.3, 0.4) is 0 Å². The zero-order valence-corrected chi connectivity index (χ0v) is 13.1. The van der Waals surface area contributed by atoms with E-state index in [2.05, 4.69) is 24.1 Å². The quantitative estimate of drug-likeness (QED) is 0.777. The Kier molecular flexibility index (Phi) is 4.23. The second-order valence-corrected chi connectivity index (χ2v) is 7.55. The minimum atomic E-state index is 0.228. The van der Waals surface area contributed by atoms with Gasteiger partial charge in [0.15, 0.2) is 0 Å². The van der Waals surface area contributed by atoms with E-state index in [1.165, 1.54) is 44.9 Å². The number of urea groups is 1. The largest absolute Gasteiger partial charge is 0.335 e. The molecule has 1 saturated heterocycles. The van der Waals surface area contributed by atoms with Crippen molar-refractivity contribution in [3.63, 3.8) is 0 Å². The molecule has 2 saturated carbocycles.